The minimum absolute atomic E-state index is 0.0996. The van der Waals surface area contributed by atoms with Crippen LogP contribution >= 0.6 is 11.3 Å². The number of aliphatic hydroxyl groups is 1. The Labute approximate surface area is 190 Å². The number of fused-ring (bicyclic) bond motifs is 1. The number of nitrogens with one attached hydrogen (secondary N) is 1. The number of aromatic nitrogens is 2. The van der Waals surface area contributed by atoms with Gasteiger partial charge in [0.05, 0.1) is 18.5 Å². The number of benzene rings is 1. The van der Waals surface area contributed by atoms with Crippen LogP contribution in [-0.2, 0) is 11.3 Å². The lowest BCUT2D eigenvalue weighted by molar-refractivity contribution is 0.0529. The van der Waals surface area contributed by atoms with Crippen molar-refractivity contribution in [2.45, 2.75) is 46.4 Å². The Morgan fingerprint density at radius 3 is 2.66 bits per heavy atom. The maximum atomic E-state index is 12.7. The molecule has 0 fully saturated rings. The Bertz CT molecular complexity index is 1110. The monoisotopic (exact) mass is 459 g/mol. The van der Waals surface area contributed by atoms with Crippen molar-refractivity contribution in [2.75, 3.05) is 19.8 Å². The average Bonchev–Trinajstić information content (AvgIpc) is 3.09. The van der Waals surface area contributed by atoms with Crippen LogP contribution in [0.2, 0.25) is 0 Å². The van der Waals surface area contributed by atoms with Gasteiger partial charge in [0.15, 0.2) is 0 Å². The Hall–Kier alpha value is -2.75. The number of hydrogen-bond acceptors (Lipinski definition) is 8. The number of thiophene rings is 1. The molecule has 2 aromatic heterocycles. The summed E-state index contributed by atoms with van der Waals surface area (Å²) < 4.78 is 10.7. The fraction of sp³-hybridized carbons (Fsp3) is 0.435. The number of rotatable bonds is 10. The van der Waals surface area contributed by atoms with E-state index in [0.717, 1.165) is 11.3 Å². The fourth-order valence-corrected chi connectivity index (χ4v) is 4.43. The van der Waals surface area contributed by atoms with Gasteiger partial charge < -0.3 is 19.6 Å². The maximum Gasteiger partial charge on any atom is 0.348 e. The van der Waals surface area contributed by atoms with Crippen molar-refractivity contribution in [3.05, 3.63) is 57.0 Å². The number of ether oxygens (including phenoxy) is 2. The topological polar surface area (TPSA) is 105 Å². The number of esters is 1. The lowest BCUT2D eigenvalue weighted by Gasteiger charge is -2.28. The highest BCUT2D eigenvalue weighted by Crippen LogP contribution is 2.27. The summed E-state index contributed by atoms with van der Waals surface area (Å²) in [7, 11) is 0. The van der Waals surface area contributed by atoms with E-state index in [2.05, 4.69) is 9.97 Å². The molecule has 0 radical (unpaired) electrons. The number of aryl methyl sites for hydroxylation is 1. The van der Waals surface area contributed by atoms with Gasteiger partial charge in [-0.15, -0.1) is 11.3 Å². The van der Waals surface area contributed by atoms with Crippen LogP contribution in [0.5, 0.6) is 5.75 Å². The largest absolute Gasteiger partial charge is 0.491 e. The van der Waals surface area contributed by atoms with E-state index >= 15 is 0 Å². The van der Waals surface area contributed by atoms with Gasteiger partial charge in [0, 0.05) is 12.6 Å². The van der Waals surface area contributed by atoms with Crippen molar-refractivity contribution < 1.29 is 19.4 Å². The molecule has 0 amide bonds. The number of H-pyrrole nitrogens is 1. The van der Waals surface area contributed by atoms with Crippen molar-refractivity contribution in [2.24, 2.45) is 0 Å². The molecule has 0 aliphatic heterocycles. The molecule has 0 saturated carbocycles. The second kappa shape index (κ2) is 10.7. The molecule has 9 heteroatoms. The molecular weight excluding hydrogens is 430 g/mol. The summed E-state index contributed by atoms with van der Waals surface area (Å²) in [6, 6.07) is 9.43. The Balaban J connectivity index is 1.74. The van der Waals surface area contributed by atoms with E-state index in [9.17, 15) is 14.7 Å². The highest BCUT2D eigenvalue weighted by molar-refractivity contribution is 7.20. The molecule has 32 heavy (non-hydrogen) atoms. The van der Waals surface area contributed by atoms with Gasteiger partial charge in [0.2, 0.25) is 0 Å². The summed E-state index contributed by atoms with van der Waals surface area (Å²) in [4.78, 5) is 35.2. The smallest absolute Gasteiger partial charge is 0.348 e. The minimum atomic E-state index is -0.715. The summed E-state index contributed by atoms with van der Waals surface area (Å²) >= 11 is 1.16. The second-order valence-corrected chi connectivity index (χ2v) is 8.77. The first-order chi connectivity index (χ1) is 15.3. The first kappa shape index (κ1) is 23.9. The van der Waals surface area contributed by atoms with Crippen molar-refractivity contribution in [1.29, 1.82) is 0 Å². The van der Waals surface area contributed by atoms with Crippen LogP contribution in [0.4, 0.5) is 0 Å². The van der Waals surface area contributed by atoms with Gasteiger partial charge in [-0.05, 0) is 45.4 Å². The number of carbonyl (C=O) groups excluding carboxylic acids is 1. The molecule has 1 aromatic carbocycles. The highest BCUT2D eigenvalue weighted by atomic mass is 32.1. The zero-order valence-corrected chi connectivity index (χ0v) is 19.6. The van der Waals surface area contributed by atoms with Gasteiger partial charge in [-0.25, -0.2) is 9.78 Å². The number of aromatic amines is 1. The van der Waals surface area contributed by atoms with Crippen LogP contribution in [0.1, 0.15) is 41.8 Å². The van der Waals surface area contributed by atoms with Crippen molar-refractivity contribution in [3.8, 4) is 5.75 Å². The molecule has 0 spiro atoms. The van der Waals surface area contributed by atoms with Gasteiger partial charge in [-0.1, -0.05) is 18.2 Å². The highest BCUT2D eigenvalue weighted by Gasteiger charge is 2.22. The summed E-state index contributed by atoms with van der Waals surface area (Å²) in [6.07, 6.45) is -0.715. The molecule has 2 N–H and O–H groups in total. The zero-order valence-electron chi connectivity index (χ0n) is 18.8. The zero-order chi connectivity index (χ0) is 23.3. The van der Waals surface area contributed by atoms with E-state index in [0.29, 0.717) is 45.3 Å². The third-order valence-corrected chi connectivity index (χ3v) is 6.19. The predicted octanol–water partition coefficient (Wildman–Crippen LogP) is 3.12. The van der Waals surface area contributed by atoms with Gasteiger partial charge in [-0.3, -0.25) is 9.69 Å². The lowest BCUT2D eigenvalue weighted by atomic mass is 10.2. The maximum absolute atomic E-state index is 12.7. The first-order valence-electron chi connectivity index (χ1n) is 10.6. The van der Waals surface area contributed by atoms with Crippen LogP contribution < -0.4 is 10.3 Å². The molecule has 3 aromatic rings. The first-order valence-corrected chi connectivity index (χ1v) is 11.4. The van der Waals surface area contributed by atoms with Gasteiger partial charge in [-0.2, -0.15) is 0 Å². The average molecular weight is 460 g/mol. The van der Waals surface area contributed by atoms with Crippen LogP contribution in [0, 0.1) is 6.92 Å². The van der Waals surface area contributed by atoms with Gasteiger partial charge in [0.1, 0.15) is 34.0 Å². The van der Waals surface area contributed by atoms with E-state index < -0.39 is 12.1 Å². The van der Waals surface area contributed by atoms with Crippen LogP contribution in [-0.4, -0.2) is 57.8 Å². The number of carbonyl (C=O) groups is 1. The molecule has 0 bridgehead atoms. The van der Waals surface area contributed by atoms with Crippen molar-refractivity contribution in [3.63, 3.8) is 0 Å². The third-order valence-electron chi connectivity index (χ3n) is 5.02. The number of aliphatic hydroxyl groups excluding tert-OH is 1. The summed E-state index contributed by atoms with van der Waals surface area (Å²) in [6.45, 7) is 8.60. The molecule has 0 aliphatic carbocycles. The number of hydrogen-bond donors (Lipinski definition) is 2. The Morgan fingerprint density at radius 2 is 2.00 bits per heavy atom. The molecule has 2 heterocycles. The molecule has 0 aliphatic rings. The summed E-state index contributed by atoms with van der Waals surface area (Å²) in [5.41, 5.74) is 0.295. The summed E-state index contributed by atoms with van der Waals surface area (Å²) in [5.74, 6) is 0.730. The van der Waals surface area contributed by atoms with Gasteiger partial charge >= 0.3 is 5.97 Å². The van der Waals surface area contributed by atoms with E-state index in [1.807, 2.05) is 49.1 Å². The molecular formula is C23H29N3O5S. The lowest BCUT2D eigenvalue weighted by Crippen LogP contribution is -2.40. The normalized spacial score (nSPS) is 12.5. The molecule has 172 valence electrons. The number of para-hydroxylation sites is 1. The Kier molecular flexibility index (Phi) is 8.00. The van der Waals surface area contributed by atoms with Gasteiger partial charge in [0.25, 0.3) is 5.56 Å². The molecule has 0 saturated heterocycles. The van der Waals surface area contributed by atoms with E-state index in [1.165, 1.54) is 0 Å². The molecule has 1 atom stereocenters. The predicted molar refractivity (Wildman–Crippen MR) is 124 cm³/mol. The standard InChI is InChI=1S/C23H29N3O5S/c1-5-30-23(29)20-15(4)19-21(28)24-18(25-22(19)32-20)12-26(14(2)3)11-16(27)13-31-17-9-7-6-8-10-17/h6-10,14,16,27H,5,11-13H2,1-4H3,(H,24,25,28)/t16-/m0/s1. The fourth-order valence-electron chi connectivity index (χ4n) is 3.34. The quantitative estimate of drug-likeness (QED) is 0.449. The van der Waals surface area contributed by atoms with Crippen LogP contribution in [0.3, 0.4) is 0 Å². The van der Waals surface area contributed by atoms with Crippen LogP contribution in [0.15, 0.2) is 35.1 Å². The molecule has 8 nitrogen and oxygen atoms in total. The van der Waals surface area contributed by atoms with Crippen molar-refractivity contribution in [1.82, 2.24) is 14.9 Å². The van der Waals surface area contributed by atoms with E-state index in [-0.39, 0.29) is 24.8 Å². The second-order valence-electron chi connectivity index (χ2n) is 7.77. The van der Waals surface area contributed by atoms with Crippen LogP contribution in [0.25, 0.3) is 10.2 Å². The van der Waals surface area contributed by atoms with E-state index in [1.54, 1.807) is 13.8 Å². The molecule has 3 rings (SSSR count). The third kappa shape index (κ3) is 5.73. The van der Waals surface area contributed by atoms with E-state index in [4.69, 9.17) is 9.47 Å². The minimum Gasteiger partial charge on any atom is -0.491 e. The SMILES string of the molecule is CCOC(=O)c1sc2nc(CN(C[C@H](O)COc3ccccc3)C(C)C)[nH]c(=O)c2c1C. The number of nitrogens with zero attached hydrogens (tertiary/aromatic N) is 2. The van der Waals surface area contributed by atoms with Crippen molar-refractivity contribution >= 4 is 27.5 Å². The Morgan fingerprint density at radius 1 is 1.28 bits per heavy atom. The summed E-state index contributed by atoms with van der Waals surface area (Å²) in [5, 5.41) is 10.9. The molecule has 0 unspecified atom stereocenters.